The molecule has 0 fully saturated rings. The van der Waals surface area contributed by atoms with Gasteiger partial charge in [-0.05, 0) is 23.1 Å². The summed E-state index contributed by atoms with van der Waals surface area (Å²) in [6, 6.07) is 8.18. The molecule has 0 amide bonds. The molecule has 17 heavy (non-hydrogen) atoms. The molecule has 1 aliphatic rings. The Kier molecular flexibility index (Phi) is 3.47. The molecule has 1 unspecified atom stereocenters. The van der Waals surface area contributed by atoms with Crippen molar-refractivity contribution < 1.29 is 14.3 Å². The smallest absolute Gasteiger partial charge is 0.306 e. The van der Waals surface area contributed by atoms with Gasteiger partial charge in [0.05, 0.1) is 26.9 Å². The van der Waals surface area contributed by atoms with Crippen LogP contribution in [0.15, 0.2) is 36.1 Å². The number of rotatable bonds is 3. The summed E-state index contributed by atoms with van der Waals surface area (Å²) in [5.74, 6) is -0.0905. The number of hydrogen-bond acceptors (Lipinski definition) is 3. The maximum atomic E-state index is 11.4. The second-order valence-corrected chi connectivity index (χ2v) is 4.14. The summed E-state index contributed by atoms with van der Waals surface area (Å²) >= 11 is 0. The fraction of sp³-hybridized carbons (Fsp3) is 0.357. The van der Waals surface area contributed by atoms with Crippen molar-refractivity contribution >= 4 is 5.97 Å². The molecule has 1 aliphatic carbocycles. The average molecular weight is 232 g/mol. The average Bonchev–Trinajstić information content (AvgIpc) is 2.68. The van der Waals surface area contributed by atoms with Gasteiger partial charge in [0, 0.05) is 5.92 Å². The number of hydrogen-bond donors (Lipinski definition) is 0. The van der Waals surface area contributed by atoms with Crippen molar-refractivity contribution in [3.8, 4) is 0 Å². The van der Waals surface area contributed by atoms with Crippen molar-refractivity contribution in [1.29, 1.82) is 0 Å². The molecule has 1 aromatic carbocycles. The van der Waals surface area contributed by atoms with Gasteiger partial charge in [-0.15, -0.1) is 0 Å². The van der Waals surface area contributed by atoms with Crippen LogP contribution in [0.3, 0.4) is 0 Å². The summed E-state index contributed by atoms with van der Waals surface area (Å²) in [6.45, 7) is 0. The van der Waals surface area contributed by atoms with Gasteiger partial charge in [0.2, 0.25) is 0 Å². The Bertz CT molecular complexity index is 449. The highest BCUT2D eigenvalue weighted by Gasteiger charge is 2.29. The number of methoxy groups -OCH3 is 2. The van der Waals surface area contributed by atoms with Crippen molar-refractivity contribution in [2.75, 3.05) is 14.2 Å². The molecular formula is C14H16O3. The molecule has 1 aromatic rings. The van der Waals surface area contributed by atoms with E-state index in [1.54, 1.807) is 13.4 Å². The maximum absolute atomic E-state index is 11.4. The number of carbonyl (C=O) groups excluding carboxylic acids is 1. The van der Waals surface area contributed by atoms with Crippen molar-refractivity contribution in [1.82, 2.24) is 0 Å². The van der Waals surface area contributed by atoms with E-state index >= 15 is 0 Å². The molecule has 0 saturated heterocycles. The first-order valence-corrected chi connectivity index (χ1v) is 5.62. The third kappa shape index (κ3) is 2.33. The first-order chi connectivity index (χ1) is 8.26. The molecule has 3 heteroatoms. The van der Waals surface area contributed by atoms with E-state index in [9.17, 15) is 4.79 Å². The second kappa shape index (κ2) is 5.04. The van der Waals surface area contributed by atoms with E-state index in [2.05, 4.69) is 12.1 Å². The largest absolute Gasteiger partial charge is 0.504 e. The van der Waals surface area contributed by atoms with Crippen molar-refractivity contribution in [2.45, 2.75) is 18.8 Å². The molecule has 90 valence electrons. The van der Waals surface area contributed by atoms with Crippen LogP contribution in [0.25, 0.3) is 0 Å². The first kappa shape index (κ1) is 11.7. The van der Waals surface area contributed by atoms with E-state index in [0.29, 0.717) is 6.42 Å². The normalized spacial score (nSPS) is 20.1. The zero-order valence-electron chi connectivity index (χ0n) is 10.1. The third-order valence-electron chi connectivity index (χ3n) is 3.14. The van der Waals surface area contributed by atoms with Gasteiger partial charge in [0.1, 0.15) is 0 Å². The predicted octanol–water partition coefficient (Wildman–Crippen LogP) is 2.42. The lowest BCUT2D eigenvalue weighted by molar-refractivity contribution is -0.140. The Balaban J connectivity index is 2.30. The molecule has 0 N–H and O–H groups in total. The summed E-state index contributed by atoms with van der Waals surface area (Å²) < 4.78 is 9.83. The number of ether oxygens (including phenoxy) is 2. The van der Waals surface area contributed by atoms with Gasteiger partial charge in [-0.25, -0.2) is 0 Å². The van der Waals surface area contributed by atoms with Crippen LogP contribution in [0, 0.1) is 0 Å². The van der Waals surface area contributed by atoms with Gasteiger partial charge in [0.25, 0.3) is 0 Å². The summed E-state index contributed by atoms with van der Waals surface area (Å²) in [5.41, 5.74) is 3.62. The summed E-state index contributed by atoms with van der Waals surface area (Å²) in [7, 11) is 3.05. The molecule has 0 saturated carbocycles. The van der Waals surface area contributed by atoms with Crippen LogP contribution < -0.4 is 0 Å². The fourth-order valence-corrected chi connectivity index (χ4v) is 2.34. The molecular weight excluding hydrogens is 216 g/mol. The lowest BCUT2D eigenvalue weighted by Gasteiger charge is -2.12. The standard InChI is InChI=1S/C14H16O3/c1-16-9-11-7-10-5-3-4-6-12(10)13(11)8-14(15)17-2/h3-6,9,13H,7-8H2,1-2H3. The van der Waals surface area contributed by atoms with Crippen LogP contribution >= 0.6 is 0 Å². The van der Waals surface area contributed by atoms with Crippen molar-refractivity contribution in [3.63, 3.8) is 0 Å². The minimum Gasteiger partial charge on any atom is -0.504 e. The van der Waals surface area contributed by atoms with E-state index < -0.39 is 0 Å². The topological polar surface area (TPSA) is 35.5 Å². The molecule has 0 radical (unpaired) electrons. The van der Waals surface area contributed by atoms with E-state index in [1.807, 2.05) is 12.1 Å². The monoisotopic (exact) mass is 232 g/mol. The highest BCUT2D eigenvalue weighted by molar-refractivity contribution is 5.72. The van der Waals surface area contributed by atoms with Crippen LogP contribution in [0.2, 0.25) is 0 Å². The quantitative estimate of drug-likeness (QED) is 0.593. The first-order valence-electron chi connectivity index (χ1n) is 5.62. The number of fused-ring (bicyclic) bond motifs is 1. The number of benzene rings is 1. The molecule has 2 rings (SSSR count). The van der Waals surface area contributed by atoms with Crippen molar-refractivity contribution in [3.05, 3.63) is 47.2 Å². The van der Waals surface area contributed by atoms with E-state index in [1.165, 1.54) is 18.2 Å². The van der Waals surface area contributed by atoms with Gasteiger partial charge in [-0.1, -0.05) is 24.3 Å². The maximum Gasteiger partial charge on any atom is 0.306 e. The van der Waals surface area contributed by atoms with E-state index in [4.69, 9.17) is 9.47 Å². The van der Waals surface area contributed by atoms with Crippen LogP contribution in [0.1, 0.15) is 23.5 Å². The third-order valence-corrected chi connectivity index (χ3v) is 3.14. The number of esters is 1. The SMILES string of the molecule is COC=C1Cc2ccccc2C1CC(=O)OC. The molecule has 0 heterocycles. The second-order valence-electron chi connectivity index (χ2n) is 4.14. The Hall–Kier alpha value is -1.77. The van der Waals surface area contributed by atoms with Gasteiger partial charge in [-0.2, -0.15) is 0 Å². The zero-order valence-corrected chi connectivity index (χ0v) is 10.1. The van der Waals surface area contributed by atoms with Crippen LogP contribution in [0.4, 0.5) is 0 Å². The lowest BCUT2D eigenvalue weighted by Crippen LogP contribution is -2.08. The Morgan fingerprint density at radius 3 is 2.88 bits per heavy atom. The highest BCUT2D eigenvalue weighted by atomic mass is 16.5. The van der Waals surface area contributed by atoms with Crippen molar-refractivity contribution in [2.24, 2.45) is 0 Å². The molecule has 0 aromatic heterocycles. The van der Waals surface area contributed by atoms with Gasteiger partial charge in [0.15, 0.2) is 0 Å². The van der Waals surface area contributed by atoms with Crippen LogP contribution in [0.5, 0.6) is 0 Å². The molecule has 3 nitrogen and oxygen atoms in total. The molecule has 1 atom stereocenters. The number of allylic oxidation sites excluding steroid dienone is 1. The Labute approximate surface area is 101 Å². The van der Waals surface area contributed by atoms with E-state index in [0.717, 1.165) is 12.0 Å². The molecule has 0 aliphatic heterocycles. The fourth-order valence-electron chi connectivity index (χ4n) is 2.34. The predicted molar refractivity (Wildman–Crippen MR) is 64.6 cm³/mol. The minimum atomic E-state index is -0.186. The minimum absolute atomic E-state index is 0.0959. The molecule has 0 spiro atoms. The lowest BCUT2D eigenvalue weighted by atomic mass is 9.95. The zero-order chi connectivity index (χ0) is 12.3. The number of carbonyl (C=O) groups is 1. The molecule has 0 bridgehead atoms. The summed E-state index contributed by atoms with van der Waals surface area (Å²) in [6.07, 6.45) is 2.97. The Morgan fingerprint density at radius 1 is 1.41 bits per heavy atom. The van der Waals surface area contributed by atoms with Gasteiger partial charge in [-0.3, -0.25) is 4.79 Å². The van der Waals surface area contributed by atoms with Crippen LogP contribution in [-0.2, 0) is 20.7 Å². The summed E-state index contributed by atoms with van der Waals surface area (Å²) in [5, 5.41) is 0. The van der Waals surface area contributed by atoms with E-state index in [-0.39, 0.29) is 11.9 Å². The summed E-state index contributed by atoms with van der Waals surface area (Å²) in [4.78, 5) is 11.4. The Morgan fingerprint density at radius 2 is 2.18 bits per heavy atom. The van der Waals surface area contributed by atoms with Gasteiger partial charge >= 0.3 is 5.97 Å². The van der Waals surface area contributed by atoms with Gasteiger partial charge < -0.3 is 9.47 Å². The highest BCUT2D eigenvalue weighted by Crippen LogP contribution is 2.39. The van der Waals surface area contributed by atoms with Crippen LogP contribution in [-0.4, -0.2) is 20.2 Å².